The number of carbonyl (C=O) groups is 1. The Morgan fingerprint density at radius 3 is 2.60 bits per heavy atom. The van der Waals surface area contributed by atoms with Gasteiger partial charge in [0.1, 0.15) is 0 Å². The number of ether oxygens (including phenoxy) is 1. The van der Waals surface area contributed by atoms with Crippen molar-refractivity contribution in [1.29, 1.82) is 0 Å². The zero-order valence-corrected chi connectivity index (χ0v) is 14.6. The third-order valence-corrected chi connectivity index (χ3v) is 5.58. The minimum atomic E-state index is -0.0315. The molecule has 0 radical (unpaired) electrons. The molecule has 0 bridgehead atoms. The van der Waals surface area contributed by atoms with Gasteiger partial charge in [0.25, 0.3) is 0 Å². The summed E-state index contributed by atoms with van der Waals surface area (Å²) in [7, 11) is 0. The first-order valence-corrected chi connectivity index (χ1v) is 9.30. The lowest BCUT2D eigenvalue weighted by atomic mass is 9.92. The largest absolute Gasteiger partial charge is 0.375 e. The van der Waals surface area contributed by atoms with Gasteiger partial charge in [-0.1, -0.05) is 48.5 Å². The number of carbonyl (C=O) groups excluding carboxylic acids is 1. The molecular weight excluding hydrogens is 310 g/mol. The molecule has 0 aliphatic carbocycles. The van der Waals surface area contributed by atoms with E-state index < -0.39 is 0 Å². The summed E-state index contributed by atoms with van der Waals surface area (Å²) >= 11 is 0. The highest BCUT2D eigenvalue weighted by molar-refractivity contribution is 5.76. The molecule has 2 fully saturated rings. The molecule has 0 N–H and O–H groups in total. The first-order valence-electron chi connectivity index (χ1n) is 9.30. The molecule has 130 valence electrons. The van der Waals surface area contributed by atoms with E-state index in [4.69, 9.17) is 4.74 Å². The Hall–Kier alpha value is -2.13. The predicted octanol–water partition coefficient (Wildman–Crippen LogP) is 4.42. The van der Waals surface area contributed by atoms with E-state index in [-0.39, 0.29) is 11.5 Å². The summed E-state index contributed by atoms with van der Waals surface area (Å²) < 4.78 is 6.01. The molecule has 2 aromatic rings. The minimum Gasteiger partial charge on any atom is -0.375 e. The molecule has 2 aliphatic heterocycles. The maximum Gasteiger partial charge on any atom is 0.222 e. The lowest BCUT2D eigenvalue weighted by Gasteiger charge is -2.26. The SMILES string of the molecule is O=C1CC[C@@]2(CCCO2)CCN1Cc1cccc(-c2ccccc2)c1. The molecule has 2 aliphatic rings. The van der Waals surface area contributed by atoms with Gasteiger partial charge >= 0.3 is 0 Å². The fraction of sp³-hybridized carbons (Fsp3) is 0.409. The van der Waals surface area contributed by atoms with Crippen molar-refractivity contribution >= 4 is 5.91 Å². The molecule has 25 heavy (non-hydrogen) atoms. The molecule has 2 aromatic carbocycles. The van der Waals surface area contributed by atoms with E-state index in [1.165, 1.54) is 16.7 Å². The van der Waals surface area contributed by atoms with Gasteiger partial charge in [0.15, 0.2) is 0 Å². The highest BCUT2D eigenvalue weighted by atomic mass is 16.5. The van der Waals surface area contributed by atoms with Gasteiger partial charge in [-0.15, -0.1) is 0 Å². The van der Waals surface area contributed by atoms with Crippen LogP contribution in [-0.2, 0) is 16.1 Å². The maximum absolute atomic E-state index is 12.6. The average molecular weight is 335 g/mol. The quantitative estimate of drug-likeness (QED) is 0.831. The number of benzene rings is 2. The summed E-state index contributed by atoms with van der Waals surface area (Å²) in [6, 6.07) is 18.9. The van der Waals surface area contributed by atoms with E-state index in [2.05, 4.69) is 48.5 Å². The fourth-order valence-electron chi connectivity index (χ4n) is 4.10. The van der Waals surface area contributed by atoms with Crippen LogP contribution in [0.5, 0.6) is 0 Å². The third-order valence-electron chi connectivity index (χ3n) is 5.58. The van der Waals surface area contributed by atoms with Gasteiger partial charge in [0, 0.05) is 26.1 Å². The lowest BCUT2D eigenvalue weighted by molar-refractivity contribution is -0.131. The second-order valence-electron chi connectivity index (χ2n) is 7.27. The summed E-state index contributed by atoms with van der Waals surface area (Å²) in [5.74, 6) is 0.262. The van der Waals surface area contributed by atoms with Crippen molar-refractivity contribution in [2.24, 2.45) is 0 Å². The molecule has 1 spiro atoms. The first-order chi connectivity index (χ1) is 12.2. The first kappa shape index (κ1) is 16.3. The molecule has 1 amide bonds. The van der Waals surface area contributed by atoms with E-state index in [0.717, 1.165) is 38.8 Å². The Morgan fingerprint density at radius 2 is 1.80 bits per heavy atom. The summed E-state index contributed by atoms with van der Waals surface area (Å²) in [6.07, 6.45) is 4.70. The standard InChI is InChI=1S/C22H25NO2/c24-21-10-12-22(11-5-15-25-22)13-14-23(21)17-18-6-4-9-20(16-18)19-7-2-1-3-8-19/h1-4,6-9,16H,5,10-15,17H2/t22-/m0/s1. The second-order valence-corrected chi connectivity index (χ2v) is 7.27. The Kier molecular flexibility index (Phi) is 4.58. The average Bonchev–Trinajstić information content (AvgIpc) is 3.07. The van der Waals surface area contributed by atoms with Crippen LogP contribution in [0.15, 0.2) is 54.6 Å². The number of rotatable bonds is 3. The van der Waals surface area contributed by atoms with Crippen molar-refractivity contribution in [2.75, 3.05) is 13.2 Å². The van der Waals surface area contributed by atoms with Gasteiger partial charge in [0.2, 0.25) is 5.91 Å². The number of nitrogens with zero attached hydrogens (tertiary/aromatic N) is 1. The van der Waals surface area contributed by atoms with Crippen molar-refractivity contribution in [3.05, 3.63) is 60.2 Å². The lowest BCUT2D eigenvalue weighted by Crippen LogP contribution is -2.32. The zero-order valence-electron chi connectivity index (χ0n) is 14.6. The van der Waals surface area contributed by atoms with E-state index in [1.54, 1.807) is 0 Å². The predicted molar refractivity (Wildman–Crippen MR) is 99.1 cm³/mol. The van der Waals surface area contributed by atoms with Crippen LogP contribution in [-0.4, -0.2) is 29.6 Å². The molecule has 3 nitrogen and oxygen atoms in total. The maximum atomic E-state index is 12.6. The van der Waals surface area contributed by atoms with Crippen LogP contribution >= 0.6 is 0 Å². The normalized spacial score (nSPS) is 23.8. The van der Waals surface area contributed by atoms with Gasteiger partial charge in [-0.3, -0.25) is 4.79 Å². The van der Waals surface area contributed by atoms with Gasteiger partial charge < -0.3 is 9.64 Å². The molecule has 1 atom stereocenters. The molecule has 0 saturated carbocycles. The molecule has 4 rings (SSSR count). The molecule has 2 saturated heterocycles. The van der Waals surface area contributed by atoms with Crippen LogP contribution in [0, 0.1) is 0 Å². The monoisotopic (exact) mass is 335 g/mol. The highest BCUT2D eigenvalue weighted by Gasteiger charge is 2.38. The Balaban J connectivity index is 1.49. The van der Waals surface area contributed by atoms with Crippen molar-refractivity contribution < 1.29 is 9.53 Å². The number of likely N-dealkylation sites (tertiary alicyclic amines) is 1. The molecule has 0 aromatic heterocycles. The summed E-state index contributed by atoms with van der Waals surface area (Å²) in [4.78, 5) is 14.6. The summed E-state index contributed by atoms with van der Waals surface area (Å²) in [5.41, 5.74) is 3.58. The highest BCUT2D eigenvalue weighted by Crippen LogP contribution is 2.36. The van der Waals surface area contributed by atoms with Gasteiger partial charge in [0.05, 0.1) is 5.60 Å². The van der Waals surface area contributed by atoms with E-state index in [0.29, 0.717) is 13.0 Å². The topological polar surface area (TPSA) is 29.5 Å². The van der Waals surface area contributed by atoms with Crippen LogP contribution in [0.1, 0.15) is 37.7 Å². The van der Waals surface area contributed by atoms with Crippen LogP contribution in [0.3, 0.4) is 0 Å². The number of amides is 1. The zero-order chi connectivity index (χ0) is 17.1. The van der Waals surface area contributed by atoms with Crippen LogP contribution in [0.25, 0.3) is 11.1 Å². The second kappa shape index (κ2) is 7.01. The van der Waals surface area contributed by atoms with Crippen LogP contribution in [0.2, 0.25) is 0 Å². The van der Waals surface area contributed by atoms with Crippen molar-refractivity contribution in [1.82, 2.24) is 4.90 Å². The van der Waals surface area contributed by atoms with Gasteiger partial charge in [-0.2, -0.15) is 0 Å². The smallest absolute Gasteiger partial charge is 0.222 e. The molecule has 0 unspecified atom stereocenters. The molecule has 2 heterocycles. The number of hydrogen-bond donors (Lipinski definition) is 0. The van der Waals surface area contributed by atoms with Crippen molar-refractivity contribution in [2.45, 2.75) is 44.2 Å². The minimum absolute atomic E-state index is 0.0315. The van der Waals surface area contributed by atoms with Gasteiger partial charge in [-0.25, -0.2) is 0 Å². The molecular formula is C22H25NO2. The summed E-state index contributed by atoms with van der Waals surface area (Å²) in [5, 5.41) is 0. The van der Waals surface area contributed by atoms with Crippen molar-refractivity contribution in [3.63, 3.8) is 0 Å². The third kappa shape index (κ3) is 3.62. The van der Waals surface area contributed by atoms with Gasteiger partial charge in [-0.05, 0) is 48.4 Å². The molecule has 3 heteroatoms. The fourth-order valence-corrected chi connectivity index (χ4v) is 4.10. The summed E-state index contributed by atoms with van der Waals surface area (Å²) in [6.45, 7) is 2.34. The van der Waals surface area contributed by atoms with Crippen molar-refractivity contribution in [3.8, 4) is 11.1 Å². The Morgan fingerprint density at radius 1 is 0.960 bits per heavy atom. The Labute approximate surface area is 149 Å². The van der Waals surface area contributed by atoms with E-state index >= 15 is 0 Å². The number of hydrogen-bond acceptors (Lipinski definition) is 2. The van der Waals surface area contributed by atoms with Crippen LogP contribution < -0.4 is 0 Å². The van der Waals surface area contributed by atoms with E-state index in [1.807, 2.05) is 11.0 Å². The Bertz CT molecular complexity index is 735. The van der Waals surface area contributed by atoms with E-state index in [9.17, 15) is 4.79 Å². The van der Waals surface area contributed by atoms with Crippen LogP contribution in [0.4, 0.5) is 0 Å².